The van der Waals surface area contributed by atoms with Crippen LogP contribution in [0.15, 0.2) is 0 Å². The summed E-state index contributed by atoms with van der Waals surface area (Å²) in [5.41, 5.74) is 0. The molecule has 37 valence electrons. The first kappa shape index (κ1) is 9.24. The molecule has 0 saturated carbocycles. The number of rotatable bonds is 0. The molecule has 0 aliphatic heterocycles. The molecule has 0 spiro atoms. The fourth-order valence-electron chi connectivity index (χ4n) is 0. The van der Waals surface area contributed by atoms with Crippen molar-refractivity contribution < 1.29 is 17.9 Å². The zero-order valence-electron chi connectivity index (χ0n) is 2.17. The Hall–Kier alpha value is 0.769. The summed E-state index contributed by atoms with van der Waals surface area (Å²) in [5, 5.41) is 0. The van der Waals surface area contributed by atoms with Gasteiger partial charge in [-0.25, -0.2) is 0 Å². The molecule has 0 radical (unpaired) electrons. The van der Waals surface area contributed by atoms with E-state index in [0.717, 1.165) is 13.1 Å². The molecule has 0 rings (SSSR count). The van der Waals surface area contributed by atoms with Crippen molar-refractivity contribution in [1.82, 2.24) is 0 Å². The second-order valence-corrected chi connectivity index (χ2v) is 1.60. The summed E-state index contributed by atoms with van der Waals surface area (Å²) in [6, 6.07) is 0. The van der Waals surface area contributed by atoms with Gasteiger partial charge in [0, 0.05) is 0 Å². The van der Waals surface area contributed by atoms with Crippen molar-refractivity contribution in [3.63, 3.8) is 0 Å². The second kappa shape index (κ2) is 21.6. The van der Waals surface area contributed by atoms with Crippen LogP contribution < -0.4 is 0 Å². The number of carbonyl (C=O) groups is 1. The van der Waals surface area contributed by atoms with Crippen molar-refractivity contribution in [2.45, 2.75) is 0 Å². The standard InChI is InChI=1S/CH2O.2ClH.Cu/c1-2;;;/h1H2;2*1H;/q;;;+2/p-2. The summed E-state index contributed by atoms with van der Waals surface area (Å²) in [6.45, 7) is 2.00. The van der Waals surface area contributed by atoms with E-state index in [9.17, 15) is 0 Å². The monoisotopic (exact) mass is 163 g/mol. The maximum absolute atomic E-state index is 8.00. The Morgan fingerprint density at radius 1 is 1.40 bits per heavy atom. The molecule has 0 aromatic rings. The topological polar surface area (TPSA) is 17.1 Å². The summed E-state index contributed by atoms with van der Waals surface area (Å²) in [4.78, 5) is 8.00. The minimum absolute atomic E-state index is 0.757. The van der Waals surface area contributed by atoms with E-state index in [4.69, 9.17) is 4.79 Å². The molecule has 0 aliphatic carbocycles. The molecular weight excluding hydrogens is 162 g/mol. The first-order valence-corrected chi connectivity index (χ1v) is 3.11. The molecule has 0 aromatic heterocycles. The quantitative estimate of drug-likeness (QED) is 0.492. The van der Waals surface area contributed by atoms with Crippen LogP contribution in [0, 0.1) is 0 Å². The Kier molecular flexibility index (Phi) is 40.0. The van der Waals surface area contributed by atoms with Crippen LogP contribution in [-0.2, 0) is 17.9 Å². The molecule has 0 aromatic carbocycles. The van der Waals surface area contributed by atoms with Gasteiger partial charge in [-0.15, -0.1) is 0 Å². The van der Waals surface area contributed by atoms with Gasteiger partial charge in [0.2, 0.25) is 0 Å². The van der Waals surface area contributed by atoms with Gasteiger partial charge in [0.1, 0.15) is 6.79 Å². The van der Waals surface area contributed by atoms with E-state index in [1.54, 1.807) is 0 Å². The van der Waals surface area contributed by atoms with Crippen molar-refractivity contribution in [3.8, 4) is 0 Å². The van der Waals surface area contributed by atoms with Crippen LogP contribution in [0.3, 0.4) is 0 Å². The number of hydrogen-bond acceptors (Lipinski definition) is 1. The zero-order chi connectivity index (χ0) is 4.71. The summed E-state index contributed by atoms with van der Waals surface area (Å²) in [5.74, 6) is 0. The summed E-state index contributed by atoms with van der Waals surface area (Å²) in [6.07, 6.45) is 0. The van der Waals surface area contributed by atoms with Gasteiger partial charge in [0.15, 0.2) is 0 Å². The Labute approximate surface area is 45.2 Å². The SMILES string of the molecule is C=O.[Cl][Cu][Cl]. The predicted octanol–water partition coefficient (Wildman–Crippen LogP) is 1.19. The van der Waals surface area contributed by atoms with E-state index in [1.807, 2.05) is 6.79 Å². The van der Waals surface area contributed by atoms with Gasteiger partial charge in [-0.05, 0) is 0 Å². The molecule has 5 heavy (non-hydrogen) atoms. The summed E-state index contributed by atoms with van der Waals surface area (Å²) < 4.78 is 0. The molecule has 0 fully saturated rings. The molecular formula is CH2Cl2CuO. The zero-order valence-corrected chi connectivity index (χ0v) is 4.63. The predicted molar refractivity (Wildman–Crippen MR) is 18.8 cm³/mol. The van der Waals surface area contributed by atoms with Crippen LogP contribution in [0.1, 0.15) is 0 Å². The molecule has 0 atom stereocenters. The third-order valence-electron chi connectivity index (χ3n) is 0. The number of hydrogen-bond donors (Lipinski definition) is 0. The summed E-state index contributed by atoms with van der Waals surface area (Å²) in [7, 11) is 9.34. The van der Waals surface area contributed by atoms with Gasteiger partial charge >= 0.3 is 33.3 Å². The first-order valence-electron chi connectivity index (χ1n) is 0.517. The average Bonchev–Trinajstić information content (AvgIpc) is 1.46. The molecule has 0 aliphatic rings. The van der Waals surface area contributed by atoms with Crippen molar-refractivity contribution in [2.75, 3.05) is 0 Å². The van der Waals surface area contributed by atoms with Gasteiger partial charge in [-0.3, -0.25) is 0 Å². The third-order valence-corrected chi connectivity index (χ3v) is 0. The second-order valence-electron chi connectivity index (χ2n) is 0.0431. The van der Waals surface area contributed by atoms with Gasteiger partial charge in [0.25, 0.3) is 0 Å². The van der Waals surface area contributed by atoms with Crippen molar-refractivity contribution >= 4 is 27.0 Å². The Bertz CT molecular complexity index is 13.6. The van der Waals surface area contributed by atoms with Crippen LogP contribution in [0.4, 0.5) is 0 Å². The maximum atomic E-state index is 8.00. The molecule has 0 bridgehead atoms. The average molecular weight is 164 g/mol. The molecule has 0 heterocycles. The molecule has 0 N–H and O–H groups in total. The van der Waals surface area contributed by atoms with Crippen LogP contribution in [-0.4, -0.2) is 6.79 Å². The first-order chi connectivity index (χ1) is 2.41. The van der Waals surface area contributed by atoms with Gasteiger partial charge in [0.05, 0.1) is 0 Å². The van der Waals surface area contributed by atoms with Crippen molar-refractivity contribution in [3.05, 3.63) is 0 Å². The Balaban J connectivity index is 0. The van der Waals surface area contributed by atoms with Crippen LogP contribution in [0.5, 0.6) is 0 Å². The van der Waals surface area contributed by atoms with Gasteiger partial charge < -0.3 is 4.79 Å². The van der Waals surface area contributed by atoms with E-state index in [2.05, 4.69) is 20.2 Å². The molecule has 1 nitrogen and oxygen atoms in total. The fraction of sp³-hybridized carbons (Fsp3) is 0. The Morgan fingerprint density at radius 3 is 1.40 bits per heavy atom. The summed E-state index contributed by atoms with van der Waals surface area (Å²) >= 11 is 0.757. The van der Waals surface area contributed by atoms with Crippen LogP contribution in [0.2, 0.25) is 0 Å². The minimum atomic E-state index is 0.757. The molecule has 0 amide bonds. The van der Waals surface area contributed by atoms with Crippen molar-refractivity contribution in [2.24, 2.45) is 0 Å². The number of halogens is 2. The van der Waals surface area contributed by atoms with E-state index in [0.29, 0.717) is 0 Å². The van der Waals surface area contributed by atoms with E-state index >= 15 is 0 Å². The normalized spacial score (nSPS) is 5.20. The third kappa shape index (κ3) is 61.8. The molecule has 4 heteroatoms. The van der Waals surface area contributed by atoms with Gasteiger partial charge in [-0.2, -0.15) is 0 Å². The van der Waals surface area contributed by atoms with Gasteiger partial charge in [-0.1, -0.05) is 0 Å². The van der Waals surface area contributed by atoms with E-state index in [-0.39, 0.29) is 0 Å². The fourth-order valence-corrected chi connectivity index (χ4v) is 0. The van der Waals surface area contributed by atoms with E-state index in [1.165, 1.54) is 0 Å². The Morgan fingerprint density at radius 2 is 1.40 bits per heavy atom. The molecule has 0 unspecified atom stereocenters. The van der Waals surface area contributed by atoms with Crippen LogP contribution >= 0.6 is 20.2 Å². The van der Waals surface area contributed by atoms with E-state index < -0.39 is 0 Å². The van der Waals surface area contributed by atoms with Crippen LogP contribution in [0.25, 0.3) is 0 Å². The van der Waals surface area contributed by atoms with Crippen molar-refractivity contribution in [1.29, 1.82) is 0 Å². The number of carbonyl (C=O) groups excluding carboxylic acids is 1. The molecule has 0 saturated heterocycles.